The van der Waals surface area contributed by atoms with Crippen molar-refractivity contribution < 1.29 is 8.42 Å². The molecule has 1 fully saturated rings. The van der Waals surface area contributed by atoms with Crippen molar-refractivity contribution in [3.8, 4) is 0 Å². The summed E-state index contributed by atoms with van der Waals surface area (Å²) < 4.78 is 27.9. The fourth-order valence-corrected chi connectivity index (χ4v) is 4.80. The van der Waals surface area contributed by atoms with Gasteiger partial charge in [-0.1, -0.05) is 19.1 Å². The van der Waals surface area contributed by atoms with Crippen LogP contribution in [0.25, 0.3) is 0 Å². The topological polar surface area (TPSA) is 58.2 Å². The molecule has 0 spiro atoms. The molecular formula is C14H22N2O2S2. The predicted molar refractivity (Wildman–Crippen MR) is 85.9 cm³/mol. The quantitative estimate of drug-likeness (QED) is 0.847. The smallest absolute Gasteiger partial charge is 0.242 e. The van der Waals surface area contributed by atoms with Crippen LogP contribution < -0.4 is 10.0 Å². The highest BCUT2D eigenvalue weighted by molar-refractivity contribution is 7.99. The number of benzene rings is 1. The Morgan fingerprint density at radius 1 is 1.25 bits per heavy atom. The van der Waals surface area contributed by atoms with E-state index in [4.69, 9.17) is 0 Å². The Balaban J connectivity index is 2.15. The molecule has 1 aliphatic heterocycles. The van der Waals surface area contributed by atoms with Crippen molar-refractivity contribution in [1.29, 1.82) is 0 Å². The van der Waals surface area contributed by atoms with Crippen LogP contribution >= 0.6 is 11.8 Å². The number of anilines is 1. The molecule has 0 saturated carbocycles. The molecule has 2 rings (SSSR count). The monoisotopic (exact) mass is 314 g/mol. The molecule has 20 heavy (non-hydrogen) atoms. The van der Waals surface area contributed by atoms with E-state index in [0.717, 1.165) is 37.3 Å². The zero-order valence-electron chi connectivity index (χ0n) is 11.8. The zero-order chi connectivity index (χ0) is 14.4. The number of sulfonamides is 1. The van der Waals surface area contributed by atoms with E-state index in [9.17, 15) is 8.42 Å². The number of hydrogen-bond acceptors (Lipinski definition) is 4. The van der Waals surface area contributed by atoms with E-state index in [0.29, 0.717) is 10.6 Å². The predicted octanol–water partition coefficient (Wildman–Crippen LogP) is 2.68. The molecule has 2 N–H and O–H groups in total. The van der Waals surface area contributed by atoms with Gasteiger partial charge in [0.05, 0.1) is 5.69 Å². The molecule has 0 aromatic heterocycles. The number of hydrogen-bond donors (Lipinski definition) is 2. The lowest BCUT2D eigenvalue weighted by Crippen LogP contribution is -2.37. The van der Waals surface area contributed by atoms with E-state index in [1.54, 1.807) is 12.1 Å². The first-order valence-electron chi connectivity index (χ1n) is 7.06. The minimum absolute atomic E-state index is 0.0699. The maximum absolute atomic E-state index is 12.5. The Hall–Kier alpha value is -0.720. The Labute approximate surface area is 125 Å². The maximum Gasteiger partial charge on any atom is 0.242 e. The van der Waals surface area contributed by atoms with Gasteiger partial charge in [-0.3, -0.25) is 0 Å². The van der Waals surface area contributed by atoms with Crippen LogP contribution in [0.15, 0.2) is 29.2 Å². The molecule has 1 aliphatic rings. The molecule has 1 heterocycles. The van der Waals surface area contributed by atoms with Gasteiger partial charge in [-0.2, -0.15) is 11.8 Å². The third-order valence-electron chi connectivity index (χ3n) is 3.29. The molecule has 1 aromatic rings. The standard InChI is InChI=1S/C14H22N2O2S2/c1-2-9-15-13-5-3-4-6-14(13)20(17,18)16-12-7-10-19-11-8-12/h3-6,12,15-16H,2,7-11H2,1H3. The summed E-state index contributed by atoms with van der Waals surface area (Å²) in [6, 6.07) is 7.18. The minimum atomic E-state index is -3.44. The van der Waals surface area contributed by atoms with Gasteiger partial charge in [-0.05, 0) is 42.9 Å². The van der Waals surface area contributed by atoms with E-state index in [1.807, 2.05) is 23.9 Å². The molecule has 0 amide bonds. The van der Waals surface area contributed by atoms with E-state index >= 15 is 0 Å². The fourth-order valence-electron chi connectivity index (χ4n) is 2.21. The average Bonchev–Trinajstić information content (AvgIpc) is 2.46. The summed E-state index contributed by atoms with van der Waals surface area (Å²) in [5, 5.41) is 3.18. The number of rotatable bonds is 6. The highest BCUT2D eigenvalue weighted by Gasteiger charge is 2.23. The van der Waals surface area contributed by atoms with Gasteiger partial charge >= 0.3 is 0 Å². The van der Waals surface area contributed by atoms with Crippen LogP contribution in [0, 0.1) is 0 Å². The van der Waals surface area contributed by atoms with Crippen LogP contribution in [0.3, 0.4) is 0 Å². The summed E-state index contributed by atoms with van der Waals surface area (Å²) in [5.74, 6) is 2.06. The average molecular weight is 314 g/mol. The summed E-state index contributed by atoms with van der Waals surface area (Å²) in [7, 11) is -3.44. The summed E-state index contributed by atoms with van der Waals surface area (Å²) >= 11 is 1.89. The van der Waals surface area contributed by atoms with E-state index in [1.165, 1.54) is 0 Å². The lowest BCUT2D eigenvalue weighted by Gasteiger charge is -2.23. The van der Waals surface area contributed by atoms with Gasteiger partial charge in [0.2, 0.25) is 10.0 Å². The molecule has 6 heteroatoms. The van der Waals surface area contributed by atoms with Crippen LogP contribution in [0.5, 0.6) is 0 Å². The molecule has 1 saturated heterocycles. The molecule has 112 valence electrons. The minimum Gasteiger partial charge on any atom is -0.384 e. The third kappa shape index (κ3) is 4.14. The van der Waals surface area contributed by atoms with Crippen molar-refractivity contribution in [2.24, 2.45) is 0 Å². The van der Waals surface area contributed by atoms with Crippen molar-refractivity contribution in [3.05, 3.63) is 24.3 Å². The van der Waals surface area contributed by atoms with Crippen molar-refractivity contribution in [1.82, 2.24) is 4.72 Å². The molecule has 0 bridgehead atoms. The number of thioether (sulfide) groups is 1. The van der Waals surface area contributed by atoms with E-state index < -0.39 is 10.0 Å². The lowest BCUT2D eigenvalue weighted by molar-refractivity contribution is 0.529. The second kappa shape index (κ2) is 7.33. The van der Waals surface area contributed by atoms with Crippen LogP contribution in [0.2, 0.25) is 0 Å². The van der Waals surface area contributed by atoms with Gasteiger partial charge in [-0.15, -0.1) is 0 Å². The summed E-state index contributed by atoms with van der Waals surface area (Å²) in [5.41, 5.74) is 0.687. The first-order chi connectivity index (χ1) is 9.63. The number of nitrogens with one attached hydrogen (secondary N) is 2. The molecule has 0 unspecified atom stereocenters. The van der Waals surface area contributed by atoms with Gasteiger partial charge < -0.3 is 5.32 Å². The zero-order valence-corrected chi connectivity index (χ0v) is 13.4. The highest BCUT2D eigenvalue weighted by atomic mass is 32.2. The molecule has 0 radical (unpaired) electrons. The van der Waals surface area contributed by atoms with Crippen LogP contribution in [0.4, 0.5) is 5.69 Å². The summed E-state index contributed by atoms with van der Waals surface area (Å²) in [6.07, 6.45) is 2.78. The third-order valence-corrected chi connectivity index (χ3v) is 5.91. The van der Waals surface area contributed by atoms with Gasteiger partial charge in [0.15, 0.2) is 0 Å². The SMILES string of the molecule is CCCNc1ccccc1S(=O)(=O)NC1CCSCC1. The normalized spacial score (nSPS) is 17.1. The second-order valence-electron chi connectivity index (χ2n) is 4.93. The summed E-state index contributed by atoms with van der Waals surface area (Å²) in [4.78, 5) is 0.353. The van der Waals surface area contributed by atoms with Gasteiger partial charge in [0.1, 0.15) is 4.90 Å². The summed E-state index contributed by atoms with van der Waals surface area (Å²) in [6.45, 7) is 2.83. The van der Waals surface area contributed by atoms with Crippen molar-refractivity contribution in [2.75, 3.05) is 23.4 Å². The van der Waals surface area contributed by atoms with Crippen LogP contribution in [0.1, 0.15) is 26.2 Å². The van der Waals surface area contributed by atoms with Crippen molar-refractivity contribution in [2.45, 2.75) is 37.1 Å². The molecule has 0 atom stereocenters. The van der Waals surface area contributed by atoms with Crippen molar-refractivity contribution >= 4 is 27.5 Å². The Morgan fingerprint density at radius 2 is 1.95 bits per heavy atom. The Morgan fingerprint density at radius 3 is 2.65 bits per heavy atom. The van der Waals surface area contributed by atoms with Gasteiger partial charge in [0, 0.05) is 12.6 Å². The van der Waals surface area contributed by atoms with E-state index in [2.05, 4.69) is 17.0 Å². The van der Waals surface area contributed by atoms with Gasteiger partial charge in [-0.25, -0.2) is 13.1 Å². The fraction of sp³-hybridized carbons (Fsp3) is 0.571. The van der Waals surface area contributed by atoms with Gasteiger partial charge in [0.25, 0.3) is 0 Å². The molecular weight excluding hydrogens is 292 g/mol. The largest absolute Gasteiger partial charge is 0.384 e. The lowest BCUT2D eigenvalue weighted by atomic mass is 10.2. The van der Waals surface area contributed by atoms with Crippen molar-refractivity contribution in [3.63, 3.8) is 0 Å². The number of para-hydroxylation sites is 1. The Kier molecular flexibility index (Phi) is 5.74. The highest BCUT2D eigenvalue weighted by Crippen LogP contribution is 2.23. The molecule has 0 aliphatic carbocycles. The second-order valence-corrected chi connectivity index (χ2v) is 7.84. The maximum atomic E-state index is 12.5. The first kappa shape index (κ1) is 15.7. The van der Waals surface area contributed by atoms with E-state index in [-0.39, 0.29) is 6.04 Å². The van der Waals surface area contributed by atoms with Crippen LogP contribution in [-0.4, -0.2) is 32.5 Å². The Bertz CT molecular complexity index is 526. The van der Waals surface area contributed by atoms with Crippen LogP contribution in [-0.2, 0) is 10.0 Å². The first-order valence-corrected chi connectivity index (χ1v) is 9.70. The molecule has 4 nitrogen and oxygen atoms in total. The molecule has 1 aromatic carbocycles.